The van der Waals surface area contributed by atoms with Gasteiger partial charge in [0, 0.05) is 31.6 Å². The van der Waals surface area contributed by atoms with Crippen molar-refractivity contribution in [2.24, 2.45) is 11.3 Å². The van der Waals surface area contributed by atoms with Crippen molar-refractivity contribution in [3.8, 4) is 0 Å². The Balaban J connectivity index is 1.31. The molecular formula is C35H47FN4O3. The highest BCUT2D eigenvalue weighted by atomic mass is 19.1. The summed E-state index contributed by atoms with van der Waals surface area (Å²) in [6, 6.07) is 12.9. The molecule has 232 valence electrons. The lowest BCUT2D eigenvalue weighted by Gasteiger charge is -2.48. The monoisotopic (exact) mass is 590 g/mol. The van der Waals surface area contributed by atoms with Crippen LogP contribution in [0.1, 0.15) is 82.4 Å². The Morgan fingerprint density at radius 1 is 0.977 bits per heavy atom. The van der Waals surface area contributed by atoms with Gasteiger partial charge in [-0.3, -0.25) is 14.4 Å². The molecule has 0 spiro atoms. The largest absolute Gasteiger partial charge is 0.351 e. The Kier molecular flexibility index (Phi) is 9.54. The van der Waals surface area contributed by atoms with E-state index in [1.807, 2.05) is 43.9 Å². The van der Waals surface area contributed by atoms with Crippen molar-refractivity contribution < 1.29 is 18.8 Å². The number of piperidine rings is 1. The fourth-order valence-corrected chi connectivity index (χ4v) is 7.26. The van der Waals surface area contributed by atoms with E-state index in [2.05, 4.69) is 22.0 Å². The Hall–Kier alpha value is -3.26. The Bertz CT molecular complexity index is 1290. The number of nitrogens with one attached hydrogen (secondary N) is 3. The average Bonchev–Trinajstić information content (AvgIpc) is 3.00. The molecule has 7 nitrogen and oxygen atoms in total. The molecule has 0 aromatic heterocycles. The van der Waals surface area contributed by atoms with E-state index in [-0.39, 0.29) is 35.5 Å². The minimum atomic E-state index is -0.789. The van der Waals surface area contributed by atoms with Gasteiger partial charge < -0.3 is 20.9 Å². The van der Waals surface area contributed by atoms with Crippen molar-refractivity contribution in [3.05, 3.63) is 71.0 Å². The first-order chi connectivity index (χ1) is 20.5. The lowest BCUT2D eigenvalue weighted by Crippen LogP contribution is -2.60. The van der Waals surface area contributed by atoms with E-state index in [0.29, 0.717) is 44.8 Å². The van der Waals surface area contributed by atoms with Crippen LogP contribution in [-0.4, -0.2) is 53.3 Å². The van der Waals surface area contributed by atoms with Crippen LogP contribution in [0, 0.1) is 17.2 Å². The van der Waals surface area contributed by atoms with Gasteiger partial charge in [0.05, 0.1) is 11.5 Å². The highest BCUT2D eigenvalue weighted by molar-refractivity contribution is 5.91. The standard InChI is InChI=1S/C35H47FN4O3/c1-34(2,3)39-33(43)35(27-11-5-4-6-12-27)17-19-40(20-18-35)32(42)30(21-24-13-15-28(36)16-14-24)38-31(41)29-22-25-9-7-8-10-26(25)23-37-29/h7-10,13-16,27,29-30,37H,4-6,11-12,17-23H2,1-3H3,(H,38,41)(H,39,43)/t29-,30+/m0/s1. The molecule has 0 radical (unpaired) electrons. The number of amides is 3. The lowest BCUT2D eigenvalue weighted by molar-refractivity contribution is -0.147. The number of rotatable bonds is 7. The zero-order valence-electron chi connectivity index (χ0n) is 25.9. The molecule has 2 heterocycles. The van der Waals surface area contributed by atoms with E-state index in [0.717, 1.165) is 36.8 Å². The van der Waals surface area contributed by atoms with Crippen LogP contribution in [-0.2, 0) is 33.8 Å². The minimum Gasteiger partial charge on any atom is -0.351 e. The van der Waals surface area contributed by atoms with Gasteiger partial charge in [0.2, 0.25) is 17.7 Å². The highest BCUT2D eigenvalue weighted by Gasteiger charge is 2.49. The number of hydrogen-bond acceptors (Lipinski definition) is 4. The molecule has 1 saturated heterocycles. The van der Waals surface area contributed by atoms with Gasteiger partial charge in [-0.2, -0.15) is 0 Å². The van der Waals surface area contributed by atoms with Gasteiger partial charge in [-0.05, 0) is 87.6 Å². The quantitative estimate of drug-likeness (QED) is 0.437. The number of carbonyl (C=O) groups is 3. The second-order valence-corrected chi connectivity index (χ2v) is 13.8. The molecule has 2 aromatic rings. The molecule has 1 saturated carbocycles. The highest BCUT2D eigenvalue weighted by Crippen LogP contribution is 2.46. The number of fused-ring (bicyclic) bond motifs is 1. The summed E-state index contributed by atoms with van der Waals surface area (Å²) in [5.41, 5.74) is 2.27. The molecule has 0 unspecified atom stereocenters. The van der Waals surface area contributed by atoms with Gasteiger partial charge in [0.1, 0.15) is 11.9 Å². The fourth-order valence-electron chi connectivity index (χ4n) is 7.26. The average molecular weight is 591 g/mol. The van der Waals surface area contributed by atoms with Crippen molar-refractivity contribution >= 4 is 17.7 Å². The number of nitrogens with zero attached hydrogens (tertiary/aromatic N) is 1. The van der Waals surface area contributed by atoms with E-state index in [4.69, 9.17) is 0 Å². The van der Waals surface area contributed by atoms with Gasteiger partial charge >= 0.3 is 0 Å². The maximum absolute atomic E-state index is 14.1. The third kappa shape index (κ3) is 7.46. The van der Waals surface area contributed by atoms with Crippen LogP contribution < -0.4 is 16.0 Å². The van der Waals surface area contributed by atoms with Crippen molar-refractivity contribution in [2.45, 2.75) is 103 Å². The van der Waals surface area contributed by atoms with Crippen LogP contribution in [0.3, 0.4) is 0 Å². The molecule has 2 fully saturated rings. The van der Waals surface area contributed by atoms with E-state index >= 15 is 0 Å². The zero-order chi connectivity index (χ0) is 30.6. The van der Waals surface area contributed by atoms with E-state index in [9.17, 15) is 18.8 Å². The van der Waals surface area contributed by atoms with Gasteiger partial charge in [0.25, 0.3) is 0 Å². The number of hydrogen-bond donors (Lipinski definition) is 3. The Morgan fingerprint density at radius 2 is 1.63 bits per heavy atom. The molecule has 5 rings (SSSR count). The number of halogens is 1. The van der Waals surface area contributed by atoms with Gasteiger partial charge in [-0.25, -0.2) is 4.39 Å². The number of carbonyl (C=O) groups excluding carboxylic acids is 3. The summed E-state index contributed by atoms with van der Waals surface area (Å²) in [5, 5.41) is 9.63. The van der Waals surface area contributed by atoms with Gasteiger partial charge in [-0.1, -0.05) is 55.7 Å². The van der Waals surface area contributed by atoms with Crippen molar-refractivity contribution in [1.82, 2.24) is 20.9 Å². The lowest BCUT2D eigenvalue weighted by atomic mass is 9.63. The summed E-state index contributed by atoms with van der Waals surface area (Å²) in [5.74, 6) is -0.283. The third-order valence-electron chi connectivity index (χ3n) is 9.66. The van der Waals surface area contributed by atoms with Crippen LogP contribution >= 0.6 is 0 Å². The molecule has 3 N–H and O–H groups in total. The SMILES string of the molecule is CC(C)(C)NC(=O)C1(C2CCCCC2)CCN(C(=O)[C@@H](Cc2ccc(F)cc2)NC(=O)[C@@H]2Cc3ccccc3CN2)CC1. The molecular weight excluding hydrogens is 543 g/mol. The van der Waals surface area contributed by atoms with Crippen molar-refractivity contribution in [2.75, 3.05) is 13.1 Å². The van der Waals surface area contributed by atoms with Gasteiger partial charge in [0.15, 0.2) is 0 Å². The first-order valence-electron chi connectivity index (χ1n) is 16.0. The summed E-state index contributed by atoms with van der Waals surface area (Å²) in [6.07, 6.45) is 7.64. The maximum Gasteiger partial charge on any atom is 0.245 e. The van der Waals surface area contributed by atoms with Crippen LogP contribution in [0.15, 0.2) is 48.5 Å². The topological polar surface area (TPSA) is 90.5 Å². The second kappa shape index (κ2) is 13.2. The molecule has 2 aliphatic heterocycles. The summed E-state index contributed by atoms with van der Waals surface area (Å²) in [7, 11) is 0. The van der Waals surface area contributed by atoms with Crippen LogP contribution in [0.2, 0.25) is 0 Å². The van der Waals surface area contributed by atoms with E-state index in [1.54, 1.807) is 12.1 Å². The normalized spacial score (nSPS) is 21.4. The molecule has 3 aliphatic rings. The summed E-state index contributed by atoms with van der Waals surface area (Å²) >= 11 is 0. The van der Waals surface area contributed by atoms with E-state index < -0.39 is 17.5 Å². The summed E-state index contributed by atoms with van der Waals surface area (Å²) < 4.78 is 13.7. The van der Waals surface area contributed by atoms with Crippen LogP contribution in [0.4, 0.5) is 4.39 Å². The molecule has 2 aromatic carbocycles. The molecule has 0 bridgehead atoms. The summed E-state index contributed by atoms with van der Waals surface area (Å²) in [4.78, 5) is 43.2. The maximum atomic E-state index is 14.1. The predicted octanol–water partition coefficient (Wildman–Crippen LogP) is 4.67. The van der Waals surface area contributed by atoms with Crippen molar-refractivity contribution in [1.29, 1.82) is 0 Å². The van der Waals surface area contributed by atoms with Crippen LogP contribution in [0.5, 0.6) is 0 Å². The second-order valence-electron chi connectivity index (χ2n) is 13.8. The Morgan fingerprint density at radius 3 is 2.28 bits per heavy atom. The molecule has 2 atom stereocenters. The van der Waals surface area contributed by atoms with Gasteiger partial charge in [-0.15, -0.1) is 0 Å². The molecule has 8 heteroatoms. The molecule has 3 amide bonds. The predicted molar refractivity (Wildman–Crippen MR) is 166 cm³/mol. The Labute approximate surface area is 255 Å². The number of likely N-dealkylation sites (tertiary alicyclic amines) is 1. The van der Waals surface area contributed by atoms with Crippen LogP contribution in [0.25, 0.3) is 0 Å². The molecule has 1 aliphatic carbocycles. The minimum absolute atomic E-state index is 0.110. The van der Waals surface area contributed by atoms with Crippen molar-refractivity contribution in [3.63, 3.8) is 0 Å². The fraction of sp³-hybridized carbons (Fsp3) is 0.571. The first kappa shape index (κ1) is 31.2. The van der Waals surface area contributed by atoms with E-state index in [1.165, 1.54) is 24.1 Å². The first-order valence-corrected chi connectivity index (χ1v) is 16.0. The smallest absolute Gasteiger partial charge is 0.245 e. The third-order valence-corrected chi connectivity index (χ3v) is 9.66. The molecule has 43 heavy (non-hydrogen) atoms. The zero-order valence-corrected chi connectivity index (χ0v) is 25.9. The number of benzene rings is 2. The summed E-state index contributed by atoms with van der Waals surface area (Å²) in [6.45, 7) is 7.58.